The maximum absolute atomic E-state index is 13.3. The molecule has 1 saturated carbocycles. The molecule has 1 fully saturated rings. The van der Waals surface area contributed by atoms with Gasteiger partial charge in [-0.25, -0.2) is 4.39 Å². The molecule has 0 spiro atoms. The molecule has 2 rings (SSSR count). The monoisotopic (exact) mass is 306 g/mol. The molecule has 0 aliphatic heterocycles. The number of hydrogen-bond acceptors (Lipinski definition) is 1. The second kappa shape index (κ2) is 4.19. The van der Waals surface area contributed by atoms with E-state index in [1.54, 1.807) is 12.1 Å². The molecular formula is C12H13BrClFO. The van der Waals surface area contributed by atoms with Crippen molar-refractivity contribution in [3.8, 4) is 5.75 Å². The smallest absolute Gasteiger partial charge is 0.141 e. The fourth-order valence-electron chi connectivity index (χ4n) is 1.75. The average Bonchev–Trinajstić information content (AvgIpc) is 2.23. The maximum atomic E-state index is 13.3. The predicted octanol–water partition coefficient (Wildman–Crippen LogP) is 4.37. The second-order valence-electron chi connectivity index (χ2n) is 4.71. The first kappa shape index (κ1) is 12.2. The molecule has 0 bridgehead atoms. The number of halogens is 3. The number of benzene rings is 1. The summed E-state index contributed by atoms with van der Waals surface area (Å²) in [6.45, 7) is 4.13. The zero-order valence-corrected chi connectivity index (χ0v) is 11.5. The van der Waals surface area contributed by atoms with Gasteiger partial charge in [0.1, 0.15) is 17.7 Å². The molecule has 0 N–H and O–H groups in total. The van der Waals surface area contributed by atoms with E-state index in [2.05, 4.69) is 29.8 Å². The zero-order chi connectivity index (χ0) is 11.9. The van der Waals surface area contributed by atoms with E-state index in [0.29, 0.717) is 10.2 Å². The van der Waals surface area contributed by atoms with E-state index in [-0.39, 0.29) is 22.7 Å². The highest BCUT2D eigenvalue weighted by atomic mass is 79.9. The molecular weight excluding hydrogens is 294 g/mol. The van der Waals surface area contributed by atoms with Crippen molar-refractivity contribution >= 4 is 27.5 Å². The van der Waals surface area contributed by atoms with Gasteiger partial charge in [0, 0.05) is 23.3 Å². The third-order valence-corrected chi connectivity index (χ3v) is 4.61. The molecule has 1 nitrogen and oxygen atoms in total. The molecule has 4 heteroatoms. The van der Waals surface area contributed by atoms with E-state index in [1.807, 2.05) is 0 Å². The molecule has 16 heavy (non-hydrogen) atoms. The summed E-state index contributed by atoms with van der Waals surface area (Å²) in [5.74, 6) is 0.249. The fourth-order valence-corrected chi connectivity index (χ4v) is 2.30. The van der Waals surface area contributed by atoms with Crippen LogP contribution < -0.4 is 4.74 Å². The average molecular weight is 308 g/mol. The van der Waals surface area contributed by atoms with Crippen molar-refractivity contribution in [3.63, 3.8) is 0 Å². The van der Waals surface area contributed by atoms with Crippen molar-refractivity contribution in [1.29, 1.82) is 0 Å². The summed E-state index contributed by atoms with van der Waals surface area (Å²) in [4.78, 5) is 0. The number of rotatable bonds is 2. The van der Waals surface area contributed by atoms with Gasteiger partial charge in [0.05, 0.1) is 4.47 Å². The van der Waals surface area contributed by atoms with E-state index < -0.39 is 0 Å². The summed E-state index contributed by atoms with van der Waals surface area (Å²) in [7, 11) is 0. The Morgan fingerprint density at radius 3 is 2.69 bits per heavy atom. The molecule has 2 atom stereocenters. The van der Waals surface area contributed by atoms with Gasteiger partial charge in [-0.2, -0.15) is 0 Å². The van der Waals surface area contributed by atoms with E-state index in [4.69, 9.17) is 16.3 Å². The predicted molar refractivity (Wildman–Crippen MR) is 66.6 cm³/mol. The van der Waals surface area contributed by atoms with Gasteiger partial charge in [0.15, 0.2) is 0 Å². The second-order valence-corrected chi connectivity index (χ2v) is 6.09. The largest absolute Gasteiger partial charge is 0.490 e. The van der Waals surface area contributed by atoms with Gasteiger partial charge in [-0.1, -0.05) is 13.8 Å². The Kier molecular flexibility index (Phi) is 3.19. The molecule has 88 valence electrons. The Balaban J connectivity index is 2.08. The highest BCUT2D eigenvalue weighted by Crippen LogP contribution is 2.46. The number of ether oxygens (including phenoxy) is 1. The highest BCUT2D eigenvalue weighted by molar-refractivity contribution is 9.10. The van der Waals surface area contributed by atoms with E-state index in [9.17, 15) is 4.39 Å². The lowest BCUT2D eigenvalue weighted by Crippen LogP contribution is -2.53. The summed E-state index contributed by atoms with van der Waals surface area (Å²) < 4.78 is 19.4. The molecule has 1 aliphatic carbocycles. The Hall–Kier alpha value is -0.280. The standard InChI is InChI=1S/C12H13BrClFO/c1-12(2)10(14)6-11(12)16-7-3-4-8(13)9(15)5-7/h3-5,10-11H,6H2,1-2H3. The van der Waals surface area contributed by atoms with Crippen molar-refractivity contribution in [3.05, 3.63) is 28.5 Å². The van der Waals surface area contributed by atoms with Gasteiger partial charge in [-0.05, 0) is 28.1 Å². The number of alkyl halides is 1. The first-order valence-electron chi connectivity index (χ1n) is 5.17. The van der Waals surface area contributed by atoms with Crippen LogP contribution in [-0.4, -0.2) is 11.5 Å². The molecule has 1 aromatic carbocycles. The van der Waals surface area contributed by atoms with Crippen LogP contribution in [0.1, 0.15) is 20.3 Å². The van der Waals surface area contributed by atoms with Gasteiger partial charge in [-0.15, -0.1) is 11.6 Å². The maximum Gasteiger partial charge on any atom is 0.141 e. The third kappa shape index (κ3) is 2.07. The van der Waals surface area contributed by atoms with E-state index in [1.165, 1.54) is 6.07 Å². The number of hydrogen-bond donors (Lipinski definition) is 0. The van der Waals surface area contributed by atoms with Gasteiger partial charge < -0.3 is 4.74 Å². The fraction of sp³-hybridized carbons (Fsp3) is 0.500. The van der Waals surface area contributed by atoms with Crippen LogP contribution in [0.2, 0.25) is 0 Å². The van der Waals surface area contributed by atoms with Gasteiger partial charge in [0.25, 0.3) is 0 Å². The van der Waals surface area contributed by atoms with Crippen LogP contribution in [0.3, 0.4) is 0 Å². The van der Waals surface area contributed by atoms with Gasteiger partial charge in [-0.3, -0.25) is 0 Å². The summed E-state index contributed by atoms with van der Waals surface area (Å²) in [6, 6.07) is 4.79. The molecule has 2 unspecified atom stereocenters. The van der Waals surface area contributed by atoms with Gasteiger partial charge >= 0.3 is 0 Å². The SMILES string of the molecule is CC1(C)C(Cl)CC1Oc1ccc(Br)c(F)c1. The molecule has 0 heterocycles. The van der Waals surface area contributed by atoms with Gasteiger partial charge in [0.2, 0.25) is 0 Å². The van der Waals surface area contributed by atoms with E-state index >= 15 is 0 Å². The van der Waals surface area contributed by atoms with Crippen LogP contribution >= 0.6 is 27.5 Å². The summed E-state index contributed by atoms with van der Waals surface area (Å²) in [5, 5.41) is 0.137. The van der Waals surface area contributed by atoms with Crippen molar-refractivity contribution < 1.29 is 9.13 Å². The lowest BCUT2D eigenvalue weighted by Gasteiger charge is -2.48. The Morgan fingerprint density at radius 1 is 1.50 bits per heavy atom. The first-order valence-corrected chi connectivity index (χ1v) is 6.40. The normalized spacial score (nSPS) is 27.3. The lowest BCUT2D eigenvalue weighted by molar-refractivity contribution is -0.0132. The highest BCUT2D eigenvalue weighted by Gasteiger charge is 2.49. The van der Waals surface area contributed by atoms with Crippen LogP contribution in [0, 0.1) is 11.2 Å². The van der Waals surface area contributed by atoms with E-state index in [0.717, 1.165) is 6.42 Å². The van der Waals surface area contributed by atoms with Crippen LogP contribution in [0.25, 0.3) is 0 Å². The Morgan fingerprint density at radius 2 is 2.19 bits per heavy atom. The quantitative estimate of drug-likeness (QED) is 0.737. The van der Waals surface area contributed by atoms with Crippen molar-refractivity contribution in [2.24, 2.45) is 5.41 Å². The van der Waals surface area contributed by atoms with Crippen LogP contribution in [0.5, 0.6) is 5.75 Å². The van der Waals surface area contributed by atoms with Crippen LogP contribution in [-0.2, 0) is 0 Å². The molecule has 1 aromatic rings. The first-order chi connectivity index (χ1) is 7.41. The zero-order valence-electron chi connectivity index (χ0n) is 9.14. The lowest BCUT2D eigenvalue weighted by atomic mass is 9.68. The topological polar surface area (TPSA) is 9.23 Å². The van der Waals surface area contributed by atoms with Crippen molar-refractivity contribution in [2.75, 3.05) is 0 Å². The minimum absolute atomic E-state index is 0.0505. The summed E-state index contributed by atoms with van der Waals surface area (Å²) >= 11 is 9.20. The molecule has 1 aliphatic rings. The summed E-state index contributed by atoms with van der Waals surface area (Å²) in [6.07, 6.45) is 0.877. The van der Waals surface area contributed by atoms with Crippen LogP contribution in [0.15, 0.2) is 22.7 Å². The minimum atomic E-state index is -0.308. The van der Waals surface area contributed by atoms with Crippen LogP contribution in [0.4, 0.5) is 4.39 Å². The summed E-state index contributed by atoms with van der Waals surface area (Å²) in [5.41, 5.74) is -0.0505. The third-order valence-electron chi connectivity index (χ3n) is 3.23. The minimum Gasteiger partial charge on any atom is -0.490 e. The molecule has 0 radical (unpaired) electrons. The Labute approximate surface area is 108 Å². The molecule has 0 aromatic heterocycles. The van der Waals surface area contributed by atoms with Crippen molar-refractivity contribution in [2.45, 2.75) is 31.7 Å². The molecule has 0 saturated heterocycles. The Bertz CT molecular complexity index is 408. The molecule has 0 amide bonds. The van der Waals surface area contributed by atoms with Crippen molar-refractivity contribution in [1.82, 2.24) is 0 Å².